The molecule has 0 spiro atoms. The Morgan fingerprint density at radius 2 is 1.59 bits per heavy atom. The van der Waals surface area contributed by atoms with E-state index in [1.165, 1.54) is 16.8 Å². The number of carbonyl (C=O) groups excluding carboxylic acids is 1. The quantitative estimate of drug-likeness (QED) is 0.797. The van der Waals surface area contributed by atoms with Crippen molar-refractivity contribution in [3.63, 3.8) is 0 Å². The standard InChI is InChI=1S/C23H31N5O/c1-19-6-5-7-21(20(19)2)26-12-10-25(11-13-26)18-23(29)28-16-14-27(15-17-28)22-8-3-4-9-24-22/h3-9H,10-18H2,1-2H3. The zero-order chi connectivity index (χ0) is 20.2. The summed E-state index contributed by atoms with van der Waals surface area (Å²) < 4.78 is 0. The van der Waals surface area contributed by atoms with Gasteiger partial charge in [0.1, 0.15) is 5.82 Å². The van der Waals surface area contributed by atoms with Gasteiger partial charge < -0.3 is 14.7 Å². The summed E-state index contributed by atoms with van der Waals surface area (Å²) in [6, 6.07) is 12.5. The number of aromatic nitrogens is 1. The van der Waals surface area contributed by atoms with E-state index in [0.29, 0.717) is 6.54 Å². The first-order valence-corrected chi connectivity index (χ1v) is 10.6. The molecule has 0 bridgehead atoms. The Morgan fingerprint density at radius 1 is 0.862 bits per heavy atom. The predicted octanol–water partition coefficient (Wildman–Crippen LogP) is 2.17. The van der Waals surface area contributed by atoms with Crippen LogP contribution in [0.15, 0.2) is 42.6 Å². The maximum Gasteiger partial charge on any atom is 0.236 e. The molecule has 2 fully saturated rings. The molecular weight excluding hydrogens is 362 g/mol. The molecule has 1 amide bonds. The van der Waals surface area contributed by atoms with Gasteiger partial charge in [-0.3, -0.25) is 9.69 Å². The summed E-state index contributed by atoms with van der Waals surface area (Å²) in [4.78, 5) is 26.2. The second-order valence-electron chi connectivity index (χ2n) is 8.04. The van der Waals surface area contributed by atoms with Crippen LogP contribution in [0, 0.1) is 13.8 Å². The summed E-state index contributed by atoms with van der Waals surface area (Å²) in [6.45, 7) is 12.0. The van der Waals surface area contributed by atoms with Crippen molar-refractivity contribution in [2.45, 2.75) is 13.8 Å². The molecular formula is C23H31N5O. The highest BCUT2D eigenvalue weighted by Gasteiger charge is 2.25. The van der Waals surface area contributed by atoms with Gasteiger partial charge in [0.25, 0.3) is 0 Å². The van der Waals surface area contributed by atoms with Gasteiger partial charge in [0, 0.05) is 64.2 Å². The van der Waals surface area contributed by atoms with Crippen molar-refractivity contribution in [1.82, 2.24) is 14.8 Å². The highest BCUT2D eigenvalue weighted by molar-refractivity contribution is 5.78. The summed E-state index contributed by atoms with van der Waals surface area (Å²) in [5, 5.41) is 0. The van der Waals surface area contributed by atoms with E-state index in [4.69, 9.17) is 0 Å². The molecule has 0 saturated carbocycles. The molecule has 29 heavy (non-hydrogen) atoms. The van der Waals surface area contributed by atoms with Gasteiger partial charge in [0.05, 0.1) is 6.54 Å². The molecule has 2 aromatic rings. The first-order valence-electron chi connectivity index (χ1n) is 10.6. The van der Waals surface area contributed by atoms with E-state index in [1.807, 2.05) is 29.3 Å². The highest BCUT2D eigenvalue weighted by atomic mass is 16.2. The largest absolute Gasteiger partial charge is 0.369 e. The minimum atomic E-state index is 0.255. The van der Waals surface area contributed by atoms with E-state index in [9.17, 15) is 4.79 Å². The van der Waals surface area contributed by atoms with Gasteiger partial charge in [-0.05, 0) is 43.2 Å². The van der Waals surface area contributed by atoms with Gasteiger partial charge >= 0.3 is 0 Å². The lowest BCUT2D eigenvalue weighted by Crippen LogP contribution is -2.54. The maximum absolute atomic E-state index is 12.8. The fourth-order valence-electron chi connectivity index (χ4n) is 4.24. The summed E-state index contributed by atoms with van der Waals surface area (Å²) in [7, 11) is 0. The Balaban J connectivity index is 1.25. The molecule has 0 aliphatic carbocycles. The van der Waals surface area contributed by atoms with Crippen LogP contribution >= 0.6 is 0 Å². The van der Waals surface area contributed by atoms with Crippen LogP contribution in [0.25, 0.3) is 0 Å². The number of aryl methyl sites for hydroxylation is 1. The van der Waals surface area contributed by atoms with E-state index < -0.39 is 0 Å². The van der Waals surface area contributed by atoms with Crippen molar-refractivity contribution in [1.29, 1.82) is 0 Å². The molecule has 6 nitrogen and oxygen atoms in total. The average molecular weight is 394 g/mol. The van der Waals surface area contributed by atoms with Crippen molar-refractivity contribution >= 4 is 17.4 Å². The van der Waals surface area contributed by atoms with Gasteiger partial charge in [-0.1, -0.05) is 18.2 Å². The number of anilines is 2. The zero-order valence-electron chi connectivity index (χ0n) is 17.5. The van der Waals surface area contributed by atoms with Crippen LogP contribution in [-0.4, -0.2) is 79.6 Å². The van der Waals surface area contributed by atoms with Crippen LogP contribution in [-0.2, 0) is 4.79 Å². The maximum atomic E-state index is 12.8. The number of amides is 1. The highest BCUT2D eigenvalue weighted by Crippen LogP contribution is 2.24. The van der Waals surface area contributed by atoms with Crippen molar-refractivity contribution < 1.29 is 4.79 Å². The van der Waals surface area contributed by atoms with Crippen LogP contribution in [0.4, 0.5) is 11.5 Å². The Labute approximate surface area is 173 Å². The van der Waals surface area contributed by atoms with Crippen LogP contribution in [0.2, 0.25) is 0 Å². The average Bonchev–Trinajstić information content (AvgIpc) is 2.77. The molecule has 0 unspecified atom stereocenters. The fraction of sp³-hybridized carbons (Fsp3) is 0.478. The normalized spacial score (nSPS) is 18.2. The third kappa shape index (κ3) is 4.53. The van der Waals surface area contributed by atoms with Crippen LogP contribution in [0.5, 0.6) is 0 Å². The molecule has 0 N–H and O–H groups in total. The third-order valence-corrected chi connectivity index (χ3v) is 6.25. The first-order chi connectivity index (χ1) is 14.1. The summed E-state index contributed by atoms with van der Waals surface area (Å²) >= 11 is 0. The number of hydrogen-bond acceptors (Lipinski definition) is 5. The van der Waals surface area contributed by atoms with E-state index in [-0.39, 0.29) is 5.91 Å². The second kappa shape index (κ2) is 8.82. The lowest BCUT2D eigenvalue weighted by atomic mass is 10.1. The summed E-state index contributed by atoms with van der Waals surface area (Å²) in [6.07, 6.45) is 1.82. The Hall–Kier alpha value is -2.60. The number of benzene rings is 1. The van der Waals surface area contributed by atoms with Crippen LogP contribution in [0.1, 0.15) is 11.1 Å². The van der Waals surface area contributed by atoms with Gasteiger partial charge in [-0.15, -0.1) is 0 Å². The van der Waals surface area contributed by atoms with Crippen molar-refractivity contribution in [2.75, 3.05) is 68.7 Å². The van der Waals surface area contributed by atoms with E-state index in [1.54, 1.807) is 0 Å². The fourth-order valence-corrected chi connectivity index (χ4v) is 4.24. The van der Waals surface area contributed by atoms with Crippen molar-refractivity contribution in [3.8, 4) is 0 Å². The smallest absolute Gasteiger partial charge is 0.236 e. The molecule has 3 heterocycles. The van der Waals surface area contributed by atoms with Crippen LogP contribution < -0.4 is 9.80 Å². The Bertz CT molecular complexity index is 824. The van der Waals surface area contributed by atoms with E-state index >= 15 is 0 Å². The van der Waals surface area contributed by atoms with Gasteiger partial charge in [0.2, 0.25) is 5.91 Å². The number of nitrogens with zero attached hydrogens (tertiary/aromatic N) is 5. The number of pyridine rings is 1. The molecule has 1 aromatic heterocycles. The molecule has 0 radical (unpaired) electrons. The van der Waals surface area contributed by atoms with E-state index in [0.717, 1.165) is 58.2 Å². The Kier molecular flexibility index (Phi) is 6.00. The lowest BCUT2D eigenvalue weighted by Gasteiger charge is -2.39. The van der Waals surface area contributed by atoms with Crippen LogP contribution in [0.3, 0.4) is 0 Å². The molecule has 2 aliphatic heterocycles. The number of piperazine rings is 2. The topological polar surface area (TPSA) is 42.9 Å². The van der Waals surface area contributed by atoms with Gasteiger partial charge in [-0.2, -0.15) is 0 Å². The number of hydrogen-bond donors (Lipinski definition) is 0. The molecule has 0 atom stereocenters. The monoisotopic (exact) mass is 393 g/mol. The number of carbonyl (C=O) groups is 1. The molecule has 6 heteroatoms. The third-order valence-electron chi connectivity index (χ3n) is 6.25. The predicted molar refractivity (Wildman–Crippen MR) is 118 cm³/mol. The van der Waals surface area contributed by atoms with Gasteiger partial charge in [-0.25, -0.2) is 4.98 Å². The molecule has 2 aliphatic rings. The lowest BCUT2D eigenvalue weighted by molar-refractivity contribution is -0.132. The van der Waals surface area contributed by atoms with E-state index in [2.05, 4.69) is 51.7 Å². The minimum absolute atomic E-state index is 0.255. The second-order valence-corrected chi connectivity index (χ2v) is 8.04. The SMILES string of the molecule is Cc1cccc(N2CCN(CC(=O)N3CCN(c4ccccn4)CC3)CC2)c1C. The molecule has 2 saturated heterocycles. The Morgan fingerprint density at radius 3 is 2.28 bits per heavy atom. The summed E-state index contributed by atoms with van der Waals surface area (Å²) in [5.41, 5.74) is 4.04. The molecule has 1 aromatic carbocycles. The minimum Gasteiger partial charge on any atom is -0.369 e. The first kappa shape index (κ1) is 19.7. The molecule has 4 rings (SSSR count). The van der Waals surface area contributed by atoms with Gasteiger partial charge in [0.15, 0.2) is 0 Å². The zero-order valence-corrected chi connectivity index (χ0v) is 17.5. The summed E-state index contributed by atoms with van der Waals surface area (Å²) in [5.74, 6) is 1.26. The number of rotatable bonds is 4. The van der Waals surface area contributed by atoms with Crippen molar-refractivity contribution in [3.05, 3.63) is 53.7 Å². The van der Waals surface area contributed by atoms with Crippen molar-refractivity contribution in [2.24, 2.45) is 0 Å². The molecule has 154 valence electrons.